The number of aryl methyl sites for hydroxylation is 1. The molecule has 0 saturated carbocycles. The van der Waals surface area contributed by atoms with Gasteiger partial charge in [-0.1, -0.05) is 12.7 Å². The van der Waals surface area contributed by atoms with E-state index >= 15 is 0 Å². The number of amides is 3. The molecule has 0 spiro atoms. The van der Waals surface area contributed by atoms with Gasteiger partial charge in [-0.2, -0.15) is 0 Å². The van der Waals surface area contributed by atoms with E-state index in [1.807, 2.05) is 46.3 Å². The van der Waals surface area contributed by atoms with E-state index < -0.39 is 6.09 Å². The number of aromatic amines is 1. The molecular weight excluding hydrogens is 512 g/mol. The van der Waals surface area contributed by atoms with Crippen LogP contribution in [0.4, 0.5) is 15.3 Å². The molecule has 1 aromatic heterocycles. The number of urea groups is 1. The maximum absolute atomic E-state index is 13.8. The first-order valence-corrected chi connectivity index (χ1v) is 13.5. The lowest BCUT2D eigenvalue weighted by molar-refractivity contribution is 0.0376. The van der Waals surface area contributed by atoms with Crippen molar-refractivity contribution < 1.29 is 28.5 Å². The third-order valence-corrected chi connectivity index (χ3v) is 7.58. The van der Waals surface area contributed by atoms with Gasteiger partial charge in [0.15, 0.2) is 0 Å². The Morgan fingerprint density at radius 1 is 1.15 bits per heavy atom. The average Bonchev–Trinajstić information content (AvgIpc) is 3.40. The molecule has 2 aromatic carbocycles. The number of ether oxygens (including phenoxy) is 4. The van der Waals surface area contributed by atoms with Crippen molar-refractivity contribution in [2.75, 3.05) is 59.0 Å². The molecule has 5 rings (SSSR count). The molecule has 2 aliphatic heterocycles. The largest absolute Gasteiger partial charge is 0.497 e. The van der Waals surface area contributed by atoms with Gasteiger partial charge in [0.1, 0.15) is 18.1 Å². The van der Waals surface area contributed by atoms with Crippen molar-refractivity contribution >= 4 is 28.7 Å². The molecular formula is C30H36N4O6. The normalized spacial score (nSPS) is 16.8. The molecule has 10 heteroatoms. The molecule has 0 aliphatic carbocycles. The lowest BCUT2D eigenvalue weighted by atomic mass is 9.88. The minimum atomic E-state index is -0.598. The number of nitrogens with one attached hydrogen (secondary N) is 2. The van der Waals surface area contributed by atoms with Crippen LogP contribution in [0.2, 0.25) is 0 Å². The number of carbonyl (C=O) groups is 2. The van der Waals surface area contributed by atoms with E-state index in [-0.39, 0.29) is 18.7 Å². The molecule has 0 bridgehead atoms. The van der Waals surface area contributed by atoms with E-state index in [9.17, 15) is 9.59 Å². The number of aromatic nitrogens is 1. The predicted octanol–water partition coefficient (Wildman–Crippen LogP) is 4.90. The van der Waals surface area contributed by atoms with Crippen LogP contribution >= 0.6 is 0 Å². The van der Waals surface area contributed by atoms with Crippen molar-refractivity contribution in [2.45, 2.75) is 25.3 Å². The van der Waals surface area contributed by atoms with E-state index in [0.717, 1.165) is 39.8 Å². The molecule has 40 heavy (non-hydrogen) atoms. The highest BCUT2D eigenvalue weighted by Crippen LogP contribution is 2.40. The quantitative estimate of drug-likeness (QED) is 0.388. The first kappa shape index (κ1) is 27.4. The number of fused-ring (bicyclic) bond motifs is 2. The number of carbonyl (C=O) groups excluding carboxylic acids is 2. The Labute approximate surface area is 233 Å². The highest BCUT2D eigenvalue weighted by atomic mass is 16.5. The van der Waals surface area contributed by atoms with Crippen LogP contribution in [0.25, 0.3) is 10.9 Å². The second kappa shape index (κ2) is 12.3. The molecule has 1 atom stereocenters. The molecule has 212 valence electrons. The monoisotopic (exact) mass is 548 g/mol. The summed E-state index contributed by atoms with van der Waals surface area (Å²) >= 11 is 0. The highest BCUT2D eigenvalue weighted by Gasteiger charge is 2.35. The lowest BCUT2D eigenvalue weighted by Gasteiger charge is -2.41. The van der Waals surface area contributed by atoms with E-state index in [4.69, 9.17) is 18.9 Å². The topological polar surface area (TPSA) is 105 Å². The number of nitrogens with zero attached hydrogens (tertiary/aromatic N) is 2. The zero-order chi connectivity index (χ0) is 28.1. The maximum atomic E-state index is 13.8. The Morgan fingerprint density at radius 2 is 1.98 bits per heavy atom. The molecule has 3 heterocycles. The smallest absolute Gasteiger partial charge is 0.412 e. The zero-order valence-corrected chi connectivity index (χ0v) is 23.0. The summed E-state index contributed by atoms with van der Waals surface area (Å²) in [5, 5.41) is 3.90. The van der Waals surface area contributed by atoms with Crippen LogP contribution in [0.15, 0.2) is 49.2 Å². The van der Waals surface area contributed by atoms with Crippen molar-refractivity contribution in [2.24, 2.45) is 0 Å². The van der Waals surface area contributed by atoms with E-state index in [1.54, 1.807) is 14.2 Å². The van der Waals surface area contributed by atoms with Gasteiger partial charge >= 0.3 is 12.1 Å². The van der Waals surface area contributed by atoms with Crippen LogP contribution in [-0.4, -0.2) is 80.6 Å². The molecule has 1 fully saturated rings. The van der Waals surface area contributed by atoms with Gasteiger partial charge in [-0.3, -0.25) is 5.32 Å². The second-order valence-electron chi connectivity index (χ2n) is 9.87. The number of anilines is 1. The van der Waals surface area contributed by atoms with E-state index in [0.29, 0.717) is 57.1 Å². The maximum Gasteiger partial charge on any atom is 0.412 e. The minimum Gasteiger partial charge on any atom is -0.497 e. The molecule has 2 N–H and O–H groups in total. The van der Waals surface area contributed by atoms with Crippen molar-refractivity contribution in [3.63, 3.8) is 0 Å². The van der Waals surface area contributed by atoms with Crippen molar-refractivity contribution in [3.05, 3.63) is 65.9 Å². The van der Waals surface area contributed by atoms with Crippen LogP contribution in [-0.2, 0) is 22.3 Å². The van der Waals surface area contributed by atoms with Crippen molar-refractivity contribution in [3.8, 4) is 11.5 Å². The Balaban J connectivity index is 1.48. The summed E-state index contributed by atoms with van der Waals surface area (Å²) < 4.78 is 21.7. The fraction of sp³-hybridized carbons (Fsp3) is 0.400. The van der Waals surface area contributed by atoms with Gasteiger partial charge in [0.25, 0.3) is 0 Å². The van der Waals surface area contributed by atoms with Gasteiger partial charge in [-0.15, -0.1) is 0 Å². The molecule has 1 saturated heterocycles. The summed E-state index contributed by atoms with van der Waals surface area (Å²) in [4.78, 5) is 33.4. The van der Waals surface area contributed by atoms with Crippen LogP contribution in [0.3, 0.4) is 0 Å². The van der Waals surface area contributed by atoms with Crippen LogP contribution < -0.4 is 14.8 Å². The van der Waals surface area contributed by atoms with Crippen LogP contribution in [0.1, 0.15) is 29.2 Å². The molecule has 3 aromatic rings. The predicted molar refractivity (Wildman–Crippen MR) is 152 cm³/mol. The van der Waals surface area contributed by atoms with E-state index in [2.05, 4.69) is 16.9 Å². The lowest BCUT2D eigenvalue weighted by Crippen LogP contribution is -2.51. The molecule has 2 aliphatic rings. The summed E-state index contributed by atoms with van der Waals surface area (Å²) in [6, 6.07) is 9.67. The molecule has 10 nitrogen and oxygen atoms in total. The number of H-pyrrole nitrogens is 1. The molecule has 1 unspecified atom stereocenters. The highest BCUT2D eigenvalue weighted by molar-refractivity contribution is 5.87. The fourth-order valence-corrected chi connectivity index (χ4v) is 5.54. The van der Waals surface area contributed by atoms with Gasteiger partial charge in [-0.25, -0.2) is 9.59 Å². The van der Waals surface area contributed by atoms with Crippen LogP contribution in [0, 0.1) is 0 Å². The standard InChI is InChI=1S/C30H36N4O6/c1-4-13-40-29(35)32-26-18-24-20(16-28(26)38-3)9-10-34(30(36)33-11-14-39-15-12-33)27(24)8-5-21-19-31-25-7-6-22(37-2)17-23(21)25/h4,6-7,16-19,27,31H,1,5,8-15H2,2-3H3,(H,32,35). The number of benzene rings is 2. The first-order valence-electron chi connectivity index (χ1n) is 13.5. The Bertz CT molecular complexity index is 1380. The summed E-state index contributed by atoms with van der Waals surface area (Å²) in [6.07, 6.45) is 5.05. The number of hydrogen-bond donors (Lipinski definition) is 2. The first-order chi connectivity index (χ1) is 19.5. The molecule has 0 radical (unpaired) electrons. The SMILES string of the molecule is C=CCOC(=O)Nc1cc2c(cc1OC)CCN(C(=O)N1CCOCC1)C2CCc1c[nH]c2ccc(OC)cc12. The minimum absolute atomic E-state index is 0.00951. The summed E-state index contributed by atoms with van der Waals surface area (Å²) in [7, 11) is 3.23. The summed E-state index contributed by atoms with van der Waals surface area (Å²) in [6.45, 7) is 6.49. The fourth-order valence-electron chi connectivity index (χ4n) is 5.54. The summed E-state index contributed by atoms with van der Waals surface area (Å²) in [5.41, 5.74) is 4.77. The Morgan fingerprint density at radius 3 is 2.73 bits per heavy atom. The van der Waals surface area contributed by atoms with Gasteiger partial charge < -0.3 is 33.7 Å². The number of methoxy groups -OCH3 is 2. The number of morpholine rings is 1. The Kier molecular flexibility index (Phi) is 8.45. The third kappa shape index (κ3) is 5.72. The third-order valence-electron chi connectivity index (χ3n) is 7.58. The molecule has 3 amide bonds. The van der Waals surface area contributed by atoms with Crippen LogP contribution in [0.5, 0.6) is 11.5 Å². The average molecular weight is 549 g/mol. The zero-order valence-electron chi connectivity index (χ0n) is 23.0. The van der Waals surface area contributed by atoms with Gasteiger partial charge in [-0.05, 0) is 66.3 Å². The van der Waals surface area contributed by atoms with Crippen molar-refractivity contribution in [1.82, 2.24) is 14.8 Å². The number of hydrogen-bond acceptors (Lipinski definition) is 6. The van der Waals surface area contributed by atoms with Gasteiger partial charge in [0.05, 0.1) is 39.2 Å². The second-order valence-corrected chi connectivity index (χ2v) is 9.87. The number of rotatable bonds is 8. The Hall–Kier alpha value is -4.18. The summed E-state index contributed by atoms with van der Waals surface area (Å²) in [5.74, 6) is 1.34. The van der Waals surface area contributed by atoms with Crippen molar-refractivity contribution in [1.29, 1.82) is 0 Å². The van der Waals surface area contributed by atoms with Gasteiger partial charge in [0.2, 0.25) is 0 Å². The van der Waals surface area contributed by atoms with Gasteiger partial charge in [0, 0.05) is 36.7 Å². The van der Waals surface area contributed by atoms with E-state index in [1.165, 1.54) is 6.08 Å².